The minimum absolute atomic E-state index is 0.295. The molecule has 1 unspecified atom stereocenters. The van der Waals surface area contributed by atoms with Crippen LogP contribution in [0.15, 0.2) is 48.8 Å². The van der Waals surface area contributed by atoms with Crippen molar-refractivity contribution in [2.45, 2.75) is 20.1 Å². The van der Waals surface area contributed by atoms with E-state index in [1.807, 2.05) is 19.1 Å². The maximum absolute atomic E-state index is 12.3. The maximum atomic E-state index is 12.3. The molecule has 0 aliphatic rings. The van der Waals surface area contributed by atoms with Crippen LogP contribution in [0.5, 0.6) is 0 Å². The van der Waals surface area contributed by atoms with Crippen molar-refractivity contribution in [3.8, 4) is 0 Å². The molecule has 5 nitrogen and oxygen atoms in total. The number of aromatic nitrogens is 1. The summed E-state index contributed by atoms with van der Waals surface area (Å²) in [6.45, 7) is 3.15. The number of nitrogens with one attached hydrogen (secondary N) is 1. The summed E-state index contributed by atoms with van der Waals surface area (Å²) in [6.07, 6.45) is 2.31. The zero-order chi connectivity index (χ0) is 15.2. The summed E-state index contributed by atoms with van der Waals surface area (Å²) in [5.74, 6) is -0.766. The first-order valence-electron chi connectivity index (χ1n) is 6.51. The normalized spacial score (nSPS) is 11.5. The van der Waals surface area contributed by atoms with E-state index in [4.69, 9.17) is 4.74 Å². The van der Waals surface area contributed by atoms with Crippen molar-refractivity contribution >= 4 is 11.9 Å². The van der Waals surface area contributed by atoms with Gasteiger partial charge in [-0.05, 0) is 30.7 Å². The lowest BCUT2D eigenvalue weighted by Gasteiger charge is -2.19. The Kier molecular flexibility index (Phi) is 4.66. The van der Waals surface area contributed by atoms with Gasteiger partial charge in [-0.3, -0.25) is 14.6 Å². The van der Waals surface area contributed by atoms with Crippen molar-refractivity contribution in [3.05, 3.63) is 65.5 Å². The molecule has 1 atom stereocenters. The highest BCUT2D eigenvalue weighted by molar-refractivity contribution is 5.95. The smallest absolute Gasteiger partial charge is 0.304 e. The minimum Gasteiger partial charge on any atom is -0.437 e. The number of ether oxygens (including phenoxy) is 1. The van der Waals surface area contributed by atoms with Crippen LogP contribution in [-0.2, 0) is 9.53 Å². The number of aryl methyl sites for hydroxylation is 1. The van der Waals surface area contributed by atoms with Crippen molar-refractivity contribution in [2.24, 2.45) is 0 Å². The van der Waals surface area contributed by atoms with Crippen LogP contribution >= 0.6 is 0 Å². The van der Waals surface area contributed by atoms with Crippen LogP contribution in [0.1, 0.15) is 34.6 Å². The molecule has 108 valence electrons. The summed E-state index contributed by atoms with van der Waals surface area (Å²) >= 11 is 0. The predicted molar refractivity (Wildman–Crippen MR) is 77.4 cm³/mol. The molecule has 0 fully saturated rings. The molecule has 0 bridgehead atoms. The first kappa shape index (κ1) is 14.7. The van der Waals surface area contributed by atoms with E-state index in [1.54, 1.807) is 36.7 Å². The lowest BCUT2D eigenvalue weighted by atomic mass is 10.1. The first-order chi connectivity index (χ1) is 10.1. The Morgan fingerprint density at radius 1 is 1.14 bits per heavy atom. The van der Waals surface area contributed by atoms with Crippen molar-refractivity contribution in [3.63, 3.8) is 0 Å². The second-order valence-electron chi connectivity index (χ2n) is 4.56. The van der Waals surface area contributed by atoms with Crippen LogP contribution < -0.4 is 5.32 Å². The van der Waals surface area contributed by atoms with Gasteiger partial charge in [-0.25, -0.2) is 0 Å². The van der Waals surface area contributed by atoms with E-state index in [1.165, 1.54) is 6.92 Å². The zero-order valence-corrected chi connectivity index (χ0v) is 11.9. The van der Waals surface area contributed by atoms with Crippen LogP contribution in [0, 0.1) is 6.92 Å². The number of hydrogen-bond donors (Lipinski definition) is 1. The molecule has 1 aromatic heterocycles. The molecule has 2 rings (SSSR count). The fourth-order valence-electron chi connectivity index (χ4n) is 1.91. The first-order valence-corrected chi connectivity index (χ1v) is 6.51. The van der Waals surface area contributed by atoms with E-state index in [2.05, 4.69) is 10.3 Å². The third-order valence-electron chi connectivity index (χ3n) is 2.94. The van der Waals surface area contributed by atoms with Crippen molar-refractivity contribution in [1.82, 2.24) is 10.3 Å². The quantitative estimate of drug-likeness (QED) is 0.691. The predicted octanol–water partition coefficient (Wildman–Crippen LogP) is 2.38. The second kappa shape index (κ2) is 6.65. The Balaban J connectivity index is 2.21. The molecular formula is C16H16N2O3. The van der Waals surface area contributed by atoms with E-state index >= 15 is 0 Å². The van der Waals surface area contributed by atoms with Crippen LogP contribution in [0.3, 0.4) is 0 Å². The highest BCUT2D eigenvalue weighted by atomic mass is 16.6. The summed E-state index contributed by atoms with van der Waals surface area (Å²) in [5.41, 5.74) is 2.05. The van der Waals surface area contributed by atoms with E-state index in [-0.39, 0.29) is 5.91 Å². The van der Waals surface area contributed by atoms with Gasteiger partial charge in [0.25, 0.3) is 5.91 Å². The zero-order valence-electron chi connectivity index (χ0n) is 11.9. The number of hydrogen-bond acceptors (Lipinski definition) is 4. The molecule has 2 aromatic rings. The minimum atomic E-state index is -0.836. The summed E-state index contributed by atoms with van der Waals surface area (Å²) in [7, 11) is 0. The van der Waals surface area contributed by atoms with E-state index in [9.17, 15) is 9.59 Å². The molecule has 1 aromatic carbocycles. The van der Waals surface area contributed by atoms with Gasteiger partial charge in [-0.15, -0.1) is 0 Å². The molecule has 5 heteroatoms. The summed E-state index contributed by atoms with van der Waals surface area (Å²) in [4.78, 5) is 27.4. The third-order valence-corrected chi connectivity index (χ3v) is 2.94. The van der Waals surface area contributed by atoms with Crippen LogP contribution in [0.2, 0.25) is 0 Å². The monoisotopic (exact) mass is 284 g/mol. The summed E-state index contributed by atoms with van der Waals surface area (Å²) < 4.78 is 5.17. The molecule has 1 amide bonds. The van der Waals surface area contributed by atoms with Crippen molar-refractivity contribution < 1.29 is 14.3 Å². The highest BCUT2D eigenvalue weighted by Gasteiger charge is 2.19. The molecular weight excluding hydrogens is 268 g/mol. The molecule has 1 heterocycles. The summed E-state index contributed by atoms with van der Waals surface area (Å²) in [6, 6.07) is 10.6. The van der Waals surface area contributed by atoms with Gasteiger partial charge in [0, 0.05) is 30.4 Å². The molecule has 1 N–H and O–H groups in total. The van der Waals surface area contributed by atoms with Gasteiger partial charge in [0.15, 0.2) is 0 Å². The van der Waals surface area contributed by atoms with Gasteiger partial charge < -0.3 is 10.1 Å². The maximum Gasteiger partial charge on any atom is 0.304 e. The Morgan fingerprint density at radius 2 is 1.81 bits per heavy atom. The lowest BCUT2D eigenvalue weighted by Crippen LogP contribution is -2.31. The fourth-order valence-corrected chi connectivity index (χ4v) is 1.91. The van der Waals surface area contributed by atoms with Gasteiger partial charge in [-0.2, -0.15) is 0 Å². The van der Waals surface area contributed by atoms with Crippen molar-refractivity contribution in [2.75, 3.05) is 0 Å². The average molecular weight is 284 g/mol. The van der Waals surface area contributed by atoms with Crippen LogP contribution in [0.25, 0.3) is 0 Å². The van der Waals surface area contributed by atoms with Crippen molar-refractivity contribution in [1.29, 1.82) is 0 Å². The number of pyridine rings is 1. The molecule has 0 saturated heterocycles. The number of amides is 1. The standard InChI is InChI=1S/C16H16N2O3/c1-11-5-3-4-6-14(11)15(20)18-16(21-12(2)19)13-7-9-17-10-8-13/h3-10,16H,1-2H3,(H,18,20). The lowest BCUT2D eigenvalue weighted by molar-refractivity contribution is -0.147. The fraction of sp³-hybridized carbons (Fsp3) is 0.188. The number of carbonyl (C=O) groups is 2. The Bertz CT molecular complexity index is 641. The average Bonchev–Trinajstić information content (AvgIpc) is 2.47. The Labute approximate surface area is 123 Å². The molecule has 0 aliphatic carbocycles. The Hall–Kier alpha value is -2.69. The second-order valence-corrected chi connectivity index (χ2v) is 4.56. The third kappa shape index (κ3) is 3.89. The Morgan fingerprint density at radius 3 is 2.43 bits per heavy atom. The number of benzene rings is 1. The number of rotatable bonds is 4. The highest BCUT2D eigenvalue weighted by Crippen LogP contribution is 2.15. The summed E-state index contributed by atoms with van der Waals surface area (Å²) in [5, 5.41) is 2.71. The number of esters is 1. The van der Waals surface area contributed by atoms with Gasteiger partial charge in [0.05, 0.1) is 0 Å². The topological polar surface area (TPSA) is 68.3 Å². The number of carbonyl (C=O) groups excluding carboxylic acids is 2. The van der Waals surface area contributed by atoms with Crippen LogP contribution in [-0.4, -0.2) is 16.9 Å². The van der Waals surface area contributed by atoms with E-state index in [0.717, 1.165) is 5.56 Å². The van der Waals surface area contributed by atoms with Crippen LogP contribution in [0.4, 0.5) is 0 Å². The van der Waals surface area contributed by atoms with E-state index in [0.29, 0.717) is 11.1 Å². The molecule has 0 radical (unpaired) electrons. The number of nitrogens with zero attached hydrogens (tertiary/aromatic N) is 1. The van der Waals surface area contributed by atoms with Gasteiger partial charge in [0.1, 0.15) is 0 Å². The van der Waals surface area contributed by atoms with E-state index < -0.39 is 12.2 Å². The molecule has 0 saturated carbocycles. The van der Waals surface area contributed by atoms with Gasteiger partial charge >= 0.3 is 5.97 Å². The van der Waals surface area contributed by atoms with Gasteiger partial charge in [-0.1, -0.05) is 18.2 Å². The van der Waals surface area contributed by atoms with Gasteiger partial charge in [0.2, 0.25) is 6.23 Å². The molecule has 0 aliphatic heterocycles. The SMILES string of the molecule is CC(=O)OC(NC(=O)c1ccccc1C)c1ccncc1. The molecule has 0 spiro atoms. The molecule has 21 heavy (non-hydrogen) atoms. The largest absolute Gasteiger partial charge is 0.437 e.